The molecule has 0 aliphatic carbocycles. The summed E-state index contributed by atoms with van der Waals surface area (Å²) in [5.74, 6) is -1.19. The Bertz CT molecular complexity index is 1470. The lowest BCUT2D eigenvalue weighted by Crippen LogP contribution is -2.43. The van der Waals surface area contributed by atoms with Gasteiger partial charge in [0.15, 0.2) is 0 Å². The Morgan fingerprint density at radius 3 is 2.69 bits per heavy atom. The number of halogens is 2. The number of anilines is 1. The number of pyridine rings is 2. The second-order valence-electron chi connectivity index (χ2n) is 8.85. The predicted molar refractivity (Wildman–Crippen MR) is 133 cm³/mol. The molecule has 36 heavy (non-hydrogen) atoms. The van der Waals surface area contributed by atoms with Crippen LogP contribution in [0.4, 0.5) is 14.5 Å². The molecule has 1 fully saturated rings. The summed E-state index contributed by atoms with van der Waals surface area (Å²) in [6.07, 6.45) is 5.11. The van der Waals surface area contributed by atoms with Gasteiger partial charge in [-0.1, -0.05) is 12.1 Å². The van der Waals surface area contributed by atoms with E-state index in [9.17, 15) is 18.8 Å². The summed E-state index contributed by atoms with van der Waals surface area (Å²) in [4.78, 5) is 22.5. The summed E-state index contributed by atoms with van der Waals surface area (Å²) in [6.45, 7) is 1.18. The van der Waals surface area contributed by atoms with Gasteiger partial charge in [0.1, 0.15) is 11.9 Å². The monoisotopic (exact) mass is 483 g/mol. The van der Waals surface area contributed by atoms with Crippen LogP contribution in [-0.2, 0) is 11.2 Å². The SMILES string of the molecule is N#Cc1cc(-c2cc(NC3CCN(C(=O)Cc4cccc(F)n4)CC3)c3cnccc3c2)ccc1F. The molecule has 1 aliphatic heterocycles. The number of aromatic nitrogens is 2. The highest BCUT2D eigenvalue weighted by molar-refractivity contribution is 5.97. The van der Waals surface area contributed by atoms with Crippen molar-refractivity contribution in [2.45, 2.75) is 25.3 Å². The van der Waals surface area contributed by atoms with Crippen LogP contribution in [0.15, 0.2) is 67.0 Å². The molecule has 0 radical (unpaired) electrons. The minimum Gasteiger partial charge on any atom is -0.382 e. The van der Waals surface area contributed by atoms with Gasteiger partial charge in [-0.25, -0.2) is 9.37 Å². The zero-order chi connectivity index (χ0) is 25.1. The van der Waals surface area contributed by atoms with Crippen LogP contribution < -0.4 is 5.32 Å². The number of amides is 1. The topological polar surface area (TPSA) is 81.9 Å². The Morgan fingerprint density at radius 2 is 1.92 bits per heavy atom. The lowest BCUT2D eigenvalue weighted by atomic mass is 9.98. The van der Waals surface area contributed by atoms with Crippen molar-refractivity contribution in [1.82, 2.24) is 14.9 Å². The fourth-order valence-corrected chi connectivity index (χ4v) is 4.58. The second kappa shape index (κ2) is 10.1. The van der Waals surface area contributed by atoms with Gasteiger partial charge in [-0.15, -0.1) is 0 Å². The molecular formula is C28H23F2N5O. The molecule has 6 nitrogen and oxygen atoms in total. The Balaban J connectivity index is 1.32. The minimum absolute atomic E-state index is 0.00214. The number of rotatable bonds is 5. The average molecular weight is 484 g/mol. The third-order valence-corrected chi connectivity index (χ3v) is 6.49. The van der Waals surface area contributed by atoms with Crippen molar-refractivity contribution in [2.24, 2.45) is 0 Å². The summed E-state index contributed by atoms with van der Waals surface area (Å²) in [6, 6.07) is 17.0. The van der Waals surface area contributed by atoms with Gasteiger partial charge in [0.05, 0.1) is 17.7 Å². The molecule has 0 saturated carbocycles. The van der Waals surface area contributed by atoms with Crippen molar-refractivity contribution in [3.8, 4) is 17.2 Å². The molecule has 2 aromatic carbocycles. The van der Waals surface area contributed by atoms with Gasteiger partial charge >= 0.3 is 0 Å². The van der Waals surface area contributed by atoms with Gasteiger partial charge in [-0.3, -0.25) is 9.78 Å². The van der Waals surface area contributed by atoms with E-state index in [2.05, 4.69) is 15.3 Å². The summed E-state index contributed by atoms with van der Waals surface area (Å²) in [5.41, 5.74) is 2.94. The third kappa shape index (κ3) is 5.01. The van der Waals surface area contributed by atoms with Crippen LogP contribution >= 0.6 is 0 Å². The summed E-state index contributed by atoms with van der Waals surface area (Å²) < 4.78 is 27.2. The number of carbonyl (C=O) groups excluding carboxylic acids is 1. The largest absolute Gasteiger partial charge is 0.382 e. The molecule has 0 unspecified atom stereocenters. The fraction of sp³-hybridized carbons (Fsp3) is 0.214. The van der Waals surface area contributed by atoms with E-state index in [1.165, 1.54) is 12.1 Å². The first-order chi connectivity index (χ1) is 17.5. The van der Waals surface area contributed by atoms with E-state index in [4.69, 9.17) is 0 Å². The Kier molecular flexibility index (Phi) is 6.54. The van der Waals surface area contributed by atoms with Gasteiger partial charge in [-0.05, 0) is 71.8 Å². The zero-order valence-corrected chi connectivity index (χ0v) is 19.4. The number of piperidine rings is 1. The summed E-state index contributed by atoms with van der Waals surface area (Å²) in [7, 11) is 0. The highest BCUT2D eigenvalue weighted by Gasteiger charge is 2.24. The van der Waals surface area contributed by atoms with Gasteiger partial charge in [-0.2, -0.15) is 9.65 Å². The lowest BCUT2D eigenvalue weighted by molar-refractivity contribution is -0.131. The molecule has 0 atom stereocenters. The van der Waals surface area contributed by atoms with Gasteiger partial charge in [0.25, 0.3) is 0 Å². The molecule has 1 aliphatic rings. The highest BCUT2D eigenvalue weighted by atomic mass is 19.1. The summed E-state index contributed by atoms with van der Waals surface area (Å²) >= 11 is 0. The molecule has 180 valence electrons. The number of nitrogens with zero attached hydrogens (tertiary/aromatic N) is 4. The van der Waals surface area contributed by atoms with Gasteiger partial charge < -0.3 is 10.2 Å². The van der Waals surface area contributed by atoms with Crippen molar-refractivity contribution >= 4 is 22.4 Å². The van der Waals surface area contributed by atoms with E-state index in [0.29, 0.717) is 18.8 Å². The maximum Gasteiger partial charge on any atom is 0.228 e. The standard InChI is InChI=1S/C28H23F2N5O/c29-25-5-4-18(12-21(25)16-31)20-13-19-6-9-32-17-24(19)26(14-20)33-22-7-10-35(11-8-22)28(36)15-23-2-1-3-27(30)34-23/h1-6,9,12-14,17,22,33H,7-8,10-11,15H2. The molecule has 1 amide bonds. The predicted octanol–water partition coefficient (Wildman–Crippen LogP) is 5.09. The Hall–Kier alpha value is -4.38. The molecule has 1 saturated heterocycles. The number of benzene rings is 2. The number of carbonyl (C=O) groups is 1. The van der Waals surface area contributed by atoms with E-state index in [1.54, 1.807) is 41.6 Å². The number of nitriles is 1. The first kappa shape index (κ1) is 23.4. The molecule has 3 heterocycles. The maximum atomic E-state index is 13.9. The minimum atomic E-state index is -0.586. The van der Waals surface area contributed by atoms with Gasteiger partial charge in [0, 0.05) is 42.6 Å². The quantitative estimate of drug-likeness (QED) is 0.400. The number of hydrogen-bond acceptors (Lipinski definition) is 5. The Morgan fingerprint density at radius 1 is 1.08 bits per heavy atom. The number of likely N-dealkylation sites (tertiary alicyclic amines) is 1. The van der Waals surface area contributed by atoms with Crippen molar-refractivity contribution in [2.75, 3.05) is 18.4 Å². The van der Waals surface area contributed by atoms with E-state index in [1.807, 2.05) is 24.3 Å². The van der Waals surface area contributed by atoms with Crippen molar-refractivity contribution in [1.29, 1.82) is 5.26 Å². The van der Waals surface area contributed by atoms with Crippen LogP contribution in [0.25, 0.3) is 21.9 Å². The van der Waals surface area contributed by atoms with Crippen LogP contribution in [0, 0.1) is 23.1 Å². The maximum absolute atomic E-state index is 13.9. The van der Waals surface area contributed by atoms with Crippen LogP contribution in [-0.4, -0.2) is 39.9 Å². The normalized spacial score (nSPS) is 14.0. The van der Waals surface area contributed by atoms with Crippen LogP contribution in [0.3, 0.4) is 0 Å². The fourth-order valence-electron chi connectivity index (χ4n) is 4.58. The van der Waals surface area contributed by atoms with Crippen molar-refractivity contribution in [3.05, 3.63) is 90.0 Å². The molecule has 2 aromatic heterocycles. The van der Waals surface area contributed by atoms with Crippen molar-refractivity contribution in [3.63, 3.8) is 0 Å². The molecule has 0 spiro atoms. The van der Waals surface area contributed by atoms with E-state index in [-0.39, 0.29) is 23.9 Å². The molecular weight excluding hydrogens is 460 g/mol. The van der Waals surface area contributed by atoms with Crippen LogP contribution in [0.5, 0.6) is 0 Å². The number of hydrogen-bond donors (Lipinski definition) is 1. The third-order valence-electron chi connectivity index (χ3n) is 6.49. The molecule has 5 rings (SSSR count). The first-order valence-corrected chi connectivity index (χ1v) is 11.7. The first-order valence-electron chi connectivity index (χ1n) is 11.7. The Labute approximate surface area is 207 Å². The van der Waals surface area contributed by atoms with E-state index < -0.39 is 11.8 Å². The molecule has 8 heteroatoms. The lowest BCUT2D eigenvalue weighted by Gasteiger charge is -2.33. The van der Waals surface area contributed by atoms with Crippen molar-refractivity contribution < 1.29 is 13.6 Å². The van der Waals surface area contributed by atoms with Gasteiger partial charge in [0.2, 0.25) is 11.9 Å². The van der Waals surface area contributed by atoms with Crippen LogP contribution in [0.2, 0.25) is 0 Å². The molecule has 1 N–H and O–H groups in total. The number of fused-ring (bicyclic) bond motifs is 1. The average Bonchev–Trinajstić information content (AvgIpc) is 2.89. The van der Waals surface area contributed by atoms with E-state index >= 15 is 0 Å². The zero-order valence-electron chi connectivity index (χ0n) is 19.4. The second-order valence-corrected chi connectivity index (χ2v) is 8.85. The van der Waals surface area contributed by atoms with Crippen LogP contribution in [0.1, 0.15) is 24.1 Å². The molecule has 0 bridgehead atoms. The number of nitrogens with one attached hydrogen (secondary N) is 1. The highest BCUT2D eigenvalue weighted by Crippen LogP contribution is 2.32. The van der Waals surface area contributed by atoms with E-state index in [0.717, 1.165) is 40.4 Å². The summed E-state index contributed by atoms with van der Waals surface area (Å²) in [5, 5.41) is 14.8. The smallest absolute Gasteiger partial charge is 0.228 e. The molecule has 4 aromatic rings.